The highest BCUT2D eigenvalue weighted by atomic mass is 15.2. The van der Waals surface area contributed by atoms with Crippen molar-refractivity contribution in [2.24, 2.45) is 5.92 Å². The van der Waals surface area contributed by atoms with Crippen molar-refractivity contribution in [3.05, 3.63) is 12.4 Å². The summed E-state index contributed by atoms with van der Waals surface area (Å²) in [5.74, 6) is 2.85. The van der Waals surface area contributed by atoms with Crippen LogP contribution in [0.25, 0.3) is 0 Å². The summed E-state index contributed by atoms with van der Waals surface area (Å²) in [5.41, 5.74) is 0. The van der Waals surface area contributed by atoms with Gasteiger partial charge in [0.1, 0.15) is 18.0 Å². The molecule has 2 fully saturated rings. The Morgan fingerprint density at radius 1 is 1.42 bits per heavy atom. The van der Waals surface area contributed by atoms with E-state index in [1.807, 2.05) is 0 Å². The van der Waals surface area contributed by atoms with E-state index in [0.717, 1.165) is 43.7 Å². The topological polar surface area (TPSA) is 53.1 Å². The molecule has 5 heteroatoms. The molecule has 3 rings (SSSR count). The molecule has 2 heterocycles. The summed E-state index contributed by atoms with van der Waals surface area (Å²) >= 11 is 0. The molecule has 0 amide bonds. The third-order valence-corrected chi connectivity index (χ3v) is 4.14. The van der Waals surface area contributed by atoms with Gasteiger partial charge in [-0.05, 0) is 25.7 Å². The van der Waals surface area contributed by atoms with Crippen LogP contribution in [-0.4, -0.2) is 42.2 Å². The fourth-order valence-corrected chi connectivity index (χ4v) is 2.70. The zero-order chi connectivity index (χ0) is 13.1. The molecule has 1 atom stereocenters. The van der Waals surface area contributed by atoms with Crippen molar-refractivity contribution in [2.75, 3.05) is 36.4 Å². The average Bonchev–Trinajstić information content (AvgIpc) is 2.37. The maximum Gasteiger partial charge on any atom is 0.134 e. The first-order valence-corrected chi connectivity index (χ1v) is 7.35. The van der Waals surface area contributed by atoms with Crippen molar-refractivity contribution < 1.29 is 0 Å². The molecule has 0 spiro atoms. The number of anilines is 2. The Balaban J connectivity index is 1.61. The lowest BCUT2D eigenvalue weighted by Gasteiger charge is -2.32. The minimum Gasteiger partial charge on any atom is -0.370 e. The Morgan fingerprint density at radius 3 is 3.05 bits per heavy atom. The van der Waals surface area contributed by atoms with Gasteiger partial charge in [-0.2, -0.15) is 0 Å². The number of nitrogens with one attached hydrogen (secondary N) is 2. The number of rotatable bonds is 4. The van der Waals surface area contributed by atoms with Crippen LogP contribution in [0.1, 0.15) is 26.2 Å². The number of nitrogens with zero attached hydrogens (tertiary/aromatic N) is 3. The smallest absolute Gasteiger partial charge is 0.134 e. The molecule has 0 radical (unpaired) electrons. The molecule has 1 saturated carbocycles. The van der Waals surface area contributed by atoms with E-state index in [2.05, 4.69) is 38.5 Å². The fraction of sp³-hybridized carbons (Fsp3) is 0.714. The highest BCUT2D eigenvalue weighted by Gasteiger charge is 2.19. The van der Waals surface area contributed by atoms with E-state index in [9.17, 15) is 0 Å². The molecule has 1 unspecified atom stereocenters. The van der Waals surface area contributed by atoms with E-state index in [1.54, 1.807) is 6.33 Å². The van der Waals surface area contributed by atoms with Gasteiger partial charge in [-0.3, -0.25) is 0 Å². The van der Waals surface area contributed by atoms with Gasteiger partial charge in [0.05, 0.1) is 0 Å². The van der Waals surface area contributed by atoms with Gasteiger partial charge in [-0.25, -0.2) is 9.97 Å². The maximum atomic E-state index is 4.41. The molecule has 1 aliphatic carbocycles. The predicted octanol–water partition coefficient (Wildman–Crippen LogP) is 1.49. The van der Waals surface area contributed by atoms with Crippen LogP contribution in [0.2, 0.25) is 0 Å². The maximum absolute atomic E-state index is 4.41. The summed E-state index contributed by atoms with van der Waals surface area (Å²) in [6, 6.07) is 2.60. The molecule has 1 aromatic rings. The number of piperazine rings is 1. The normalized spacial score (nSPS) is 24.1. The van der Waals surface area contributed by atoms with Crippen molar-refractivity contribution >= 4 is 11.6 Å². The third kappa shape index (κ3) is 3.15. The summed E-state index contributed by atoms with van der Waals surface area (Å²) in [4.78, 5) is 11.1. The van der Waals surface area contributed by atoms with Gasteiger partial charge in [0.2, 0.25) is 0 Å². The van der Waals surface area contributed by atoms with E-state index >= 15 is 0 Å². The first-order valence-electron chi connectivity index (χ1n) is 7.35. The molecular formula is C14H23N5. The van der Waals surface area contributed by atoms with Crippen LogP contribution in [-0.2, 0) is 0 Å². The van der Waals surface area contributed by atoms with Gasteiger partial charge in [0.25, 0.3) is 0 Å². The van der Waals surface area contributed by atoms with Crippen LogP contribution >= 0.6 is 0 Å². The Morgan fingerprint density at radius 2 is 2.32 bits per heavy atom. The molecular weight excluding hydrogens is 238 g/mol. The van der Waals surface area contributed by atoms with Crippen LogP contribution < -0.4 is 15.5 Å². The van der Waals surface area contributed by atoms with Crippen molar-refractivity contribution in [2.45, 2.75) is 32.2 Å². The molecule has 1 aromatic heterocycles. The van der Waals surface area contributed by atoms with Gasteiger partial charge in [-0.1, -0.05) is 6.42 Å². The Bertz CT molecular complexity index is 418. The largest absolute Gasteiger partial charge is 0.370 e. The van der Waals surface area contributed by atoms with Gasteiger partial charge in [0, 0.05) is 38.3 Å². The second-order valence-electron chi connectivity index (χ2n) is 5.74. The Hall–Kier alpha value is -1.36. The summed E-state index contributed by atoms with van der Waals surface area (Å²) in [6.07, 6.45) is 5.78. The van der Waals surface area contributed by atoms with Gasteiger partial charge in [-0.15, -0.1) is 0 Å². The summed E-state index contributed by atoms with van der Waals surface area (Å²) in [5, 5.41) is 6.89. The van der Waals surface area contributed by atoms with Gasteiger partial charge >= 0.3 is 0 Å². The van der Waals surface area contributed by atoms with E-state index in [0.29, 0.717) is 6.04 Å². The highest BCUT2D eigenvalue weighted by molar-refractivity contribution is 5.48. The molecule has 0 bridgehead atoms. The molecule has 2 N–H and O–H groups in total. The Labute approximate surface area is 114 Å². The van der Waals surface area contributed by atoms with Crippen molar-refractivity contribution in [3.63, 3.8) is 0 Å². The minimum absolute atomic E-state index is 0.523. The monoisotopic (exact) mass is 261 g/mol. The fourth-order valence-electron chi connectivity index (χ4n) is 2.70. The molecule has 104 valence electrons. The first kappa shape index (κ1) is 12.7. The first-order chi connectivity index (χ1) is 9.31. The van der Waals surface area contributed by atoms with E-state index < -0.39 is 0 Å². The molecule has 2 aliphatic rings. The summed E-state index contributed by atoms with van der Waals surface area (Å²) in [6.45, 7) is 6.32. The van der Waals surface area contributed by atoms with Gasteiger partial charge < -0.3 is 15.5 Å². The molecule has 5 nitrogen and oxygen atoms in total. The zero-order valence-electron chi connectivity index (χ0n) is 11.6. The summed E-state index contributed by atoms with van der Waals surface area (Å²) < 4.78 is 0. The van der Waals surface area contributed by atoms with Crippen LogP contribution in [0.4, 0.5) is 11.6 Å². The standard InChI is InChI=1S/C14H23N5/c1-11-9-19(6-5-15-11)14-7-13(17-10-18-14)16-8-12-3-2-4-12/h7,10-12,15H,2-6,8-9H2,1H3,(H,16,17,18). The third-order valence-electron chi connectivity index (χ3n) is 4.14. The van der Waals surface area contributed by atoms with Crippen LogP contribution in [0.5, 0.6) is 0 Å². The number of hydrogen-bond acceptors (Lipinski definition) is 5. The van der Waals surface area contributed by atoms with E-state index in [-0.39, 0.29) is 0 Å². The Kier molecular flexibility index (Phi) is 3.82. The predicted molar refractivity (Wildman–Crippen MR) is 77.5 cm³/mol. The van der Waals surface area contributed by atoms with Crippen LogP contribution in [0.3, 0.4) is 0 Å². The SMILES string of the molecule is CC1CN(c2cc(NCC3CCC3)ncn2)CCN1. The van der Waals surface area contributed by atoms with Crippen molar-refractivity contribution in [3.8, 4) is 0 Å². The second kappa shape index (κ2) is 5.74. The molecule has 19 heavy (non-hydrogen) atoms. The van der Waals surface area contributed by atoms with Gasteiger partial charge in [0.15, 0.2) is 0 Å². The molecule has 1 aliphatic heterocycles. The zero-order valence-corrected chi connectivity index (χ0v) is 11.6. The quantitative estimate of drug-likeness (QED) is 0.860. The molecule has 0 aromatic carbocycles. The van der Waals surface area contributed by atoms with E-state index in [4.69, 9.17) is 0 Å². The van der Waals surface area contributed by atoms with Crippen LogP contribution in [0, 0.1) is 5.92 Å². The lowest BCUT2D eigenvalue weighted by Crippen LogP contribution is -2.49. The highest BCUT2D eigenvalue weighted by Crippen LogP contribution is 2.26. The van der Waals surface area contributed by atoms with Crippen molar-refractivity contribution in [1.29, 1.82) is 0 Å². The van der Waals surface area contributed by atoms with Crippen molar-refractivity contribution in [1.82, 2.24) is 15.3 Å². The van der Waals surface area contributed by atoms with Crippen LogP contribution in [0.15, 0.2) is 12.4 Å². The minimum atomic E-state index is 0.523. The van der Waals surface area contributed by atoms with E-state index in [1.165, 1.54) is 19.3 Å². The second-order valence-corrected chi connectivity index (χ2v) is 5.74. The lowest BCUT2D eigenvalue weighted by atomic mass is 9.85. The molecule has 1 saturated heterocycles. The number of hydrogen-bond donors (Lipinski definition) is 2. The number of aromatic nitrogens is 2. The lowest BCUT2D eigenvalue weighted by molar-refractivity contribution is 0.333. The summed E-state index contributed by atoms with van der Waals surface area (Å²) in [7, 11) is 0. The average molecular weight is 261 g/mol.